The second kappa shape index (κ2) is 7.36. The predicted molar refractivity (Wildman–Crippen MR) is 109 cm³/mol. The fraction of sp³-hybridized carbons (Fsp3) is 0.0952. The van der Waals surface area contributed by atoms with Crippen LogP contribution in [0, 0.1) is 13.8 Å². The number of phenols is 1. The van der Waals surface area contributed by atoms with Gasteiger partial charge in [-0.15, -0.1) is 0 Å². The molecule has 0 radical (unpaired) electrons. The van der Waals surface area contributed by atoms with Gasteiger partial charge in [0.25, 0.3) is 5.91 Å². The van der Waals surface area contributed by atoms with Gasteiger partial charge in [-0.3, -0.25) is 9.78 Å². The first-order valence-corrected chi connectivity index (χ1v) is 9.51. The Labute approximate surface area is 166 Å². The summed E-state index contributed by atoms with van der Waals surface area (Å²) >= 11 is 1.47. The fourth-order valence-corrected chi connectivity index (χ4v) is 3.92. The van der Waals surface area contributed by atoms with Crippen LogP contribution in [0.1, 0.15) is 21.5 Å². The van der Waals surface area contributed by atoms with Crippen LogP contribution in [0.25, 0.3) is 5.52 Å². The minimum absolute atomic E-state index is 0.164. The molecule has 0 saturated carbocycles. The van der Waals surface area contributed by atoms with Crippen LogP contribution in [-0.2, 0) is 0 Å². The van der Waals surface area contributed by atoms with Crippen LogP contribution < -0.4 is 5.32 Å². The number of anilines is 1. The predicted octanol–water partition coefficient (Wildman–Crippen LogP) is 4.46. The number of rotatable bonds is 4. The Kier molecular flexibility index (Phi) is 4.75. The Hall–Kier alpha value is -3.32. The van der Waals surface area contributed by atoms with Crippen molar-refractivity contribution in [2.45, 2.75) is 23.6 Å². The van der Waals surface area contributed by atoms with Crippen molar-refractivity contribution in [2.24, 2.45) is 0 Å². The monoisotopic (exact) mass is 390 g/mol. The molecule has 140 valence electrons. The molecule has 3 aromatic heterocycles. The molecule has 0 aliphatic heterocycles. The van der Waals surface area contributed by atoms with Gasteiger partial charge in [-0.05, 0) is 49.7 Å². The maximum atomic E-state index is 12.8. The number of hydrogen-bond acceptors (Lipinski definition) is 5. The third-order valence-corrected chi connectivity index (χ3v) is 5.71. The van der Waals surface area contributed by atoms with Gasteiger partial charge in [0, 0.05) is 34.7 Å². The number of pyridine rings is 2. The summed E-state index contributed by atoms with van der Waals surface area (Å²) in [7, 11) is 0. The van der Waals surface area contributed by atoms with Gasteiger partial charge in [0.1, 0.15) is 5.75 Å². The Morgan fingerprint density at radius 3 is 2.75 bits per heavy atom. The van der Waals surface area contributed by atoms with Crippen molar-refractivity contribution in [3.63, 3.8) is 0 Å². The number of aromatic hydroxyl groups is 1. The molecule has 0 bridgehead atoms. The molecule has 0 aliphatic carbocycles. The van der Waals surface area contributed by atoms with E-state index in [9.17, 15) is 9.90 Å². The molecule has 0 aliphatic rings. The Bertz CT molecular complexity index is 1170. The quantitative estimate of drug-likeness (QED) is 0.538. The second-order valence-electron chi connectivity index (χ2n) is 6.37. The lowest BCUT2D eigenvalue weighted by atomic mass is 10.1. The van der Waals surface area contributed by atoms with Crippen molar-refractivity contribution >= 4 is 28.9 Å². The van der Waals surface area contributed by atoms with E-state index < -0.39 is 0 Å². The molecule has 1 aromatic carbocycles. The highest BCUT2D eigenvalue weighted by atomic mass is 32.2. The Morgan fingerprint density at radius 1 is 1.18 bits per heavy atom. The number of aryl methyl sites for hydroxylation is 1. The number of benzene rings is 1. The minimum atomic E-state index is -0.266. The number of aromatic nitrogens is 3. The van der Waals surface area contributed by atoms with Crippen LogP contribution in [0.15, 0.2) is 71.0 Å². The summed E-state index contributed by atoms with van der Waals surface area (Å²) in [6, 6.07) is 11.2. The zero-order valence-corrected chi connectivity index (χ0v) is 16.2. The van der Waals surface area contributed by atoms with Gasteiger partial charge < -0.3 is 10.4 Å². The number of nitrogens with zero attached hydrogens (tertiary/aromatic N) is 3. The van der Waals surface area contributed by atoms with E-state index in [0.717, 1.165) is 20.9 Å². The van der Waals surface area contributed by atoms with Gasteiger partial charge in [-0.1, -0.05) is 17.8 Å². The van der Waals surface area contributed by atoms with Crippen molar-refractivity contribution < 1.29 is 9.90 Å². The number of amides is 1. The zero-order valence-electron chi connectivity index (χ0n) is 15.4. The van der Waals surface area contributed by atoms with E-state index in [1.54, 1.807) is 36.2 Å². The van der Waals surface area contributed by atoms with Crippen LogP contribution >= 0.6 is 11.8 Å². The number of phenolic OH excluding ortho intramolecular Hbond substituents is 1. The first-order valence-electron chi connectivity index (χ1n) is 8.69. The van der Waals surface area contributed by atoms with Crippen molar-refractivity contribution in [1.29, 1.82) is 0 Å². The molecule has 0 spiro atoms. The van der Waals surface area contributed by atoms with Crippen LogP contribution in [0.3, 0.4) is 0 Å². The van der Waals surface area contributed by atoms with Crippen molar-refractivity contribution in [2.75, 3.05) is 5.32 Å². The van der Waals surface area contributed by atoms with E-state index in [0.29, 0.717) is 16.8 Å². The summed E-state index contributed by atoms with van der Waals surface area (Å²) < 4.78 is 1.65. The average molecular weight is 390 g/mol. The smallest absolute Gasteiger partial charge is 0.259 e. The third-order valence-electron chi connectivity index (χ3n) is 4.48. The molecule has 1 amide bonds. The molecule has 3 heterocycles. The molecule has 4 aromatic rings. The normalized spacial score (nSPS) is 10.9. The van der Waals surface area contributed by atoms with E-state index in [-0.39, 0.29) is 11.7 Å². The van der Waals surface area contributed by atoms with Crippen LogP contribution in [0.4, 0.5) is 5.69 Å². The molecular weight excluding hydrogens is 372 g/mol. The molecule has 0 atom stereocenters. The molecule has 0 unspecified atom stereocenters. The fourth-order valence-electron chi connectivity index (χ4n) is 2.96. The van der Waals surface area contributed by atoms with E-state index in [1.165, 1.54) is 11.8 Å². The lowest BCUT2D eigenvalue weighted by Crippen LogP contribution is -2.13. The van der Waals surface area contributed by atoms with Crippen molar-refractivity contribution in [3.05, 3.63) is 77.9 Å². The summed E-state index contributed by atoms with van der Waals surface area (Å²) in [5.41, 5.74) is 3.28. The number of hydrogen-bond donors (Lipinski definition) is 2. The van der Waals surface area contributed by atoms with Gasteiger partial charge in [0.05, 0.1) is 22.2 Å². The van der Waals surface area contributed by atoms with E-state index >= 15 is 0 Å². The zero-order chi connectivity index (χ0) is 19.7. The highest BCUT2D eigenvalue weighted by molar-refractivity contribution is 7.99. The summed E-state index contributed by atoms with van der Waals surface area (Å²) in [5.74, 6) is -0.102. The molecule has 28 heavy (non-hydrogen) atoms. The van der Waals surface area contributed by atoms with Crippen molar-refractivity contribution in [3.8, 4) is 5.75 Å². The van der Waals surface area contributed by atoms with Crippen LogP contribution in [0.5, 0.6) is 5.75 Å². The Morgan fingerprint density at radius 2 is 1.96 bits per heavy atom. The number of nitrogens with one attached hydrogen (secondary N) is 1. The summed E-state index contributed by atoms with van der Waals surface area (Å²) in [6.45, 7) is 3.70. The molecule has 2 N–H and O–H groups in total. The Balaban J connectivity index is 1.64. The van der Waals surface area contributed by atoms with Gasteiger partial charge in [0.2, 0.25) is 0 Å². The maximum Gasteiger partial charge on any atom is 0.259 e. The third kappa shape index (κ3) is 3.32. The number of carbonyl (C=O) groups excluding carboxylic acids is 1. The number of fused-ring (bicyclic) bond motifs is 1. The first-order chi connectivity index (χ1) is 13.5. The highest BCUT2D eigenvalue weighted by Crippen LogP contribution is 2.41. The summed E-state index contributed by atoms with van der Waals surface area (Å²) in [4.78, 5) is 18.5. The average Bonchev–Trinajstić information content (AvgIpc) is 3.14. The molecule has 7 heteroatoms. The van der Waals surface area contributed by atoms with Gasteiger partial charge >= 0.3 is 0 Å². The molecule has 4 rings (SSSR count). The van der Waals surface area contributed by atoms with E-state index in [2.05, 4.69) is 15.4 Å². The van der Waals surface area contributed by atoms with Gasteiger partial charge in [0.15, 0.2) is 0 Å². The molecule has 6 nitrogen and oxygen atoms in total. The highest BCUT2D eigenvalue weighted by Gasteiger charge is 2.18. The summed E-state index contributed by atoms with van der Waals surface area (Å²) in [6.07, 6.45) is 6.76. The maximum absolute atomic E-state index is 12.8. The molecular formula is C21H18N4O2S. The molecule has 0 fully saturated rings. The SMILES string of the molecule is Cc1cc(NC(=O)c2cnn3ccccc23)c(C)c(O)c1Sc1ccncc1. The standard InChI is InChI=1S/C21H18N4O2S/c1-13-11-17(14(2)19(26)20(13)28-15-6-8-22-9-7-15)24-21(27)16-12-23-25-10-4-3-5-18(16)25/h3-12,26H,1-2H3,(H,24,27). The van der Waals surface area contributed by atoms with E-state index in [1.807, 2.05) is 43.3 Å². The van der Waals surface area contributed by atoms with Crippen LogP contribution in [-0.4, -0.2) is 25.6 Å². The first kappa shape index (κ1) is 18.1. The van der Waals surface area contributed by atoms with Gasteiger partial charge in [-0.2, -0.15) is 5.10 Å². The lowest BCUT2D eigenvalue weighted by Gasteiger charge is -2.15. The molecule has 0 saturated heterocycles. The van der Waals surface area contributed by atoms with Crippen molar-refractivity contribution in [1.82, 2.24) is 14.6 Å². The largest absolute Gasteiger partial charge is 0.506 e. The summed E-state index contributed by atoms with van der Waals surface area (Å²) in [5, 5.41) is 17.8. The minimum Gasteiger partial charge on any atom is -0.506 e. The number of carbonyl (C=O) groups is 1. The van der Waals surface area contributed by atoms with E-state index in [4.69, 9.17) is 0 Å². The van der Waals surface area contributed by atoms with Gasteiger partial charge in [-0.25, -0.2) is 4.52 Å². The topological polar surface area (TPSA) is 79.5 Å². The lowest BCUT2D eigenvalue weighted by molar-refractivity contribution is 0.102. The second-order valence-corrected chi connectivity index (χ2v) is 7.46. The van der Waals surface area contributed by atoms with Crippen LogP contribution in [0.2, 0.25) is 0 Å².